The molecule has 0 unspecified atom stereocenters. The van der Waals surface area contributed by atoms with Crippen LogP contribution in [0.4, 0.5) is 0 Å². The zero-order chi connectivity index (χ0) is 21.5. The van der Waals surface area contributed by atoms with Crippen LogP contribution < -0.4 is 0 Å². The highest BCUT2D eigenvalue weighted by Gasteiger charge is 2.15. The van der Waals surface area contributed by atoms with Crippen molar-refractivity contribution in [3.05, 3.63) is 120 Å². The number of para-hydroxylation sites is 1. The molecular weight excluding hydrogens is 456 g/mol. The van der Waals surface area contributed by atoms with Gasteiger partial charge in [-0.3, -0.25) is 4.57 Å². The maximum atomic E-state index is 4.66. The van der Waals surface area contributed by atoms with Crippen LogP contribution in [0.15, 0.2) is 120 Å². The van der Waals surface area contributed by atoms with Crippen LogP contribution in [0.3, 0.4) is 0 Å². The Balaban J connectivity index is 1.64. The monoisotopic (exact) mass is 474 g/mol. The van der Waals surface area contributed by atoms with Crippen LogP contribution in [0.2, 0.25) is 0 Å². The second-order valence-electron chi connectivity index (χ2n) is 7.83. The fraction of sp³-hybridized carbons (Fsp3) is 0. The molecule has 0 spiro atoms. The molecule has 2 nitrogen and oxygen atoms in total. The third-order valence-electron chi connectivity index (χ3n) is 5.93. The van der Waals surface area contributed by atoms with E-state index >= 15 is 0 Å². The minimum atomic E-state index is 0.927. The van der Waals surface area contributed by atoms with Gasteiger partial charge >= 0.3 is 0 Å². The Hall–Kier alpha value is -3.69. The molecule has 0 saturated heterocycles. The van der Waals surface area contributed by atoms with Gasteiger partial charge in [0.2, 0.25) is 0 Å². The third-order valence-corrected chi connectivity index (χ3v) is 6.42. The van der Waals surface area contributed by atoms with E-state index in [-0.39, 0.29) is 0 Å². The summed E-state index contributed by atoms with van der Waals surface area (Å²) >= 11 is 3.62. The predicted molar refractivity (Wildman–Crippen MR) is 137 cm³/mol. The summed E-state index contributed by atoms with van der Waals surface area (Å²) in [4.78, 5) is 4.66. The van der Waals surface area contributed by atoms with E-state index in [0.717, 1.165) is 15.8 Å². The minimum Gasteiger partial charge on any atom is -0.294 e. The summed E-state index contributed by atoms with van der Waals surface area (Å²) < 4.78 is 3.34. The first kappa shape index (κ1) is 19.0. The molecule has 4 aromatic carbocycles. The summed E-state index contributed by atoms with van der Waals surface area (Å²) in [6.45, 7) is 0. The van der Waals surface area contributed by atoms with E-state index in [2.05, 4.69) is 123 Å². The SMILES string of the molecule is Brc1cccc(-c2ccccc2-c2ccc3c4ccccc4n(-c4ccccn4)c3c2)c1. The summed E-state index contributed by atoms with van der Waals surface area (Å²) in [7, 11) is 0. The molecule has 0 saturated carbocycles. The maximum Gasteiger partial charge on any atom is 0.137 e. The first-order valence-corrected chi connectivity index (χ1v) is 11.4. The molecule has 0 bridgehead atoms. The third kappa shape index (κ3) is 3.14. The highest BCUT2D eigenvalue weighted by atomic mass is 79.9. The topological polar surface area (TPSA) is 17.8 Å². The largest absolute Gasteiger partial charge is 0.294 e. The lowest BCUT2D eigenvalue weighted by Crippen LogP contribution is -1.96. The van der Waals surface area contributed by atoms with Gasteiger partial charge in [0, 0.05) is 21.4 Å². The van der Waals surface area contributed by atoms with Gasteiger partial charge < -0.3 is 0 Å². The van der Waals surface area contributed by atoms with Crippen molar-refractivity contribution in [1.29, 1.82) is 0 Å². The fourth-order valence-corrected chi connectivity index (χ4v) is 4.91. The van der Waals surface area contributed by atoms with Gasteiger partial charge in [0.25, 0.3) is 0 Å². The van der Waals surface area contributed by atoms with Crippen molar-refractivity contribution in [2.24, 2.45) is 0 Å². The summed E-state index contributed by atoms with van der Waals surface area (Å²) in [5, 5.41) is 2.47. The number of benzene rings is 4. The quantitative estimate of drug-likeness (QED) is 0.252. The number of rotatable bonds is 3. The number of fused-ring (bicyclic) bond motifs is 3. The molecule has 6 aromatic rings. The molecule has 0 radical (unpaired) electrons. The average Bonchev–Trinajstić information content (AvgIpc) is 3.18. The number of pyridine rings is 1. The first-order valence-electron chi connectivity index (χ1n) is 10.6. The van der Waals surface area contributed by atoms with Crippen LogP contribution in [0.1, 0.15) is 0 Å². The minimum absolute atomic E-state index is 0.927. The summed E-state index contributed by atoms with van der Waals surface area (Å²) in [6.07, 6.45) is 1.85. The molecule has 6 rings (SSSR count). The van der Waals surface area contributed by atoms with Crippen molar-refractivity contribution in [2.45, 2.75) is 0 Å². The van der Waals surface area contributed by atoms with E-state index in [0.29, 0.717) is 0 Å². The van der Waals surface area contributed by atoms with E-state index in [1.165, 1.54) is 38.5 Å². The summed E-state index contributed by atoms with van der Waals surface area (Å²) in [6, 6.07) is 38.4. The second-order valence-corrected chi connectivity index (χ2v) is 8.74. The van der Waals surface area contributed by atoms with E-state index < -0.39 is 0 Å². The van der Waals surface area contributed by atoms with Gasteiger partial charge in [-0.25, -0.2) is 4.98 Å². The lowest BCUT2D eigenvalue weighted by atomic mass is 9.94. The zero-order valence-corrected chi connectivity index (χ0v) is 18.8. The zero-order valence-electron chi connectivity index (χ0n) is 17.2. The normalized spacial score (nSPS) is 11.3. The van der Waals surface area contributed by atoms with Crippen LogP contribution in [0, 0.1) is 0 Å². The number of halogens is 1. The van der Waals surface area contributed by atoms with E-state index in [4.69, 9.17) is 0 Å². The van der Waals surface area contributed by atoms with Crippen LogP contribution >= 0.6 is 15.9 Å². The Kier molecular flexibility index (Phi) is 4.62. The Morgan fingerprint density at radius 1 is 0.562 bits per heavy atom. The van der Waals surface area contributed by atoms with E-state index in [9.17, 15) is 0 Å². The van der Waals surface area contributed by atoms with Crippen molar-refractivity contribution >= 4 is 37.7 Å². The second kappa shape index (κ2) is 7.77. The van der Waals surface area contributed by atoms with Crippen molar-refractivity contribution in [3.63, 3.8) is 0 Å². The van der Waals surface area contributed by atoms with Gasteiger partial charge in [-0.15, -0.1) is 0 Å². The van der Waals surface area contributed by atoms with Crippen molar-refractivity contribution in [1.82, 2.24) is 9.55 Å². The average molecular weight is 475 g/mol. The van der Waals surface area contributed by atoms with Crippen LogP contribution in [0.5, 0.6) is 0 Å². The van der Waals surface area contributed by atoms with Gasteiger partial charge in [-0.1, -0.05) is 88.7 Å². The summed E-state index contributed by atoms with van der Waals surface area (Å²) in [5.74, 6) is 0.927. The van der Waals surface area contributed by atoms with Crippen LogP contribution in [0.25, 0.3) is 49.9 Å². The van der Waals surface area contributed by atoms with Crippen molar-refractivity contribution in [3.8, 4) is 28.1 Å². The number of hydrogen-bond acceptors (Lipinski definition) is 1. The first-order chi connectivity index (χ1) is 15.8. The molecule has 0 amide bonds. The van der Waals surface area contributed by atoms with Crippen LogP contribution in [-0.4, -0.2) is 9.55 Å². The Labute approximate surface area is 194 Å². The van der Waals surface area contributed by atoms with Crippen molar-refractivity contribution < 1.29 is 0 Å². The van der Waals surface area contributed by atoms with Crippen molar-refractivity contribution in [2.75, 3.05) is 0 Å². The number of hydrogen-bond donors (Lipinski definition) is 0. The Morgan fingerprint density at radius 2 is 1.28 bits per heavy atom. The number of aromatic nitrogens is 2. The molecular formula is C29H19BrN2. The molecule has 152 valence electrons. The smallest absolute Gasteiger partial charge is 0.137 e. The molecule has 0 N–H and O–H groups in total. The molecule has 0 aliphatic rings. The number of nitrogens with zero attached hydrogens (tertiary/aromatic N) is 2. The predicted octanol–water partition coefficient (Wildman–Crippen LogP) is 8.28. The van der Waals surface area contributed by atoms with E-state index in [1.54, 1.807) is 0 Å². The molecule has 2 aromatic heterocycles. The molecule has 3 heteroatoms. The van der Waals surface area contributed by atoms with Gasteiger partial charge in [-0.2, -0.15) is 0 Å². The lowest BCUT2D eigenvalue weighted by molar-refractivity contribution is 1.08. The highest BCUT2D eigenvalue weighted by Crippen LogP contribution is 2.37. The molecule has 0 aliphatic carbocycles. The van der Waals surface area contributed by atoms with Gasteiger partial charge in [-0.05, 0) is 58.7 Å². The standard InChI is InChI=1S/C29H19BrN2/c30-22-9-7-8-20(18-22)23-10-1-2-11-24(23)21-15-16-26-25-12-3-4-13-27(25)32(28(26)19-21)29-14-5-6-17-31-29/h1-19H. The maximum absolute atomic E-state index is 4.66. The molecule has 32 heavy (non-hydrogen) atoms. The summed E-state index contributed by atoms with van der Waals surface area (Å²) in [5.41, 5.74) is 7.14. The van der Waals surface area contributed by atoms with E-state index in [1.807, 2.05) is 18.3 Å². The van der Waals surface area contributed by atoms with Crippen LogP contribution in [-0.2, 0) is 0 Å². The molecule has 0 atom stereocenters. The lowest BCUT2D eigenvalue weighted by Gasteiger charge is -2.12. The fourth-order valence-electron chi connectivity index (χ4n) is 4.51. The Bertz CT molecular complexity index is 1580. The molecule has 0 fully saturated rings. The van der Waals surface area contributed by atoms with Gasteiger partial charge in [0.1, 0.15) is 5.82 Å². The highest BCUT2D eigenvalue weighted by molar-refractivity contribution is 9.10. The molecule has 2 heterocycles. The Morgan fingerprint density at radius 3 is 2.06 bits per heavy atom. The van der Waals surface area contributed by atoms with Gasteiger partial charge in [0.05, 0.1) is 11.0 Å². The van der Waals surface area contributed by atoms with Gasteiger partial charge in [0.15, 0.2) is 0 Å². The molecule has 0 aliphatic heterocycles.